The minimum Gasteiger partial charge on any atom is -0.450 e. The quantitative estimate of drug-likeness (QED) is 0.703. The Morgan fingerprint density at radius 3 is 2.48 bits per heavy atom. The van der Waals surface area contributed by atoms with Gasteiger partial charge in [0.25, 0.3) is 0 Å². The number of aryl methyl sites for hydroxylation is 1. The van der Waals surface area contributed by atoms with Gasteiger partial charge in [-0.2, -0.15) is 0 Å². The van der Waals surface area contributed by atoms with E-state index >= 15 is 0 Å². The molecular weight excluding hydrogens is 314 g/mol. The molecule has 0 heterocycles. The topological polar surface area (TPSA) is 83.6 Å². The highest BCUT2D eigenvalue weighted by Crippen LogP contribution is 2.56. The molecule has 4 nitrogen and oxygen atoms in total. The number of carboxylic acid groups (broad SMARTS) is 2. The summed E-state index contributed by atoms with van der Waals surface area (Å²) in [5, 5.41) is 13.9. The third-order valence-corrected chi connectivity index (χ3v) is 6.63. The van der Waals surface area contributed by atoms with E-state index in [1.165, 1.54) is 37.7 Å². The molecule has 3 atom stereocenters. The van der Waals surface area contributed by atoms with Crippen LogP contribution in [0.2, 0.25) is 0 Å². The number of carbonyl (C=O) groups is 1. The Morgan fingerprint density at radius 1 is 1.28 bits per heavy atom. The Bertz CT molecular complexity index is 624. The minimum atomic E-state index is -1.83. The van der Waals surface area contributed by atoms with Gasteiger partial charge in [-0.05, 0) is 71.6 Å². The fourth-order valence-electron chi connectivity index (χ4n) is 5.25. The van der Waals surface area contributed by atoms with Crippen LogP contribution in [0.15, 0.2) is 18.2 Å². The number of rotatable bonds is 2. The van der Waals surface area contributed by atoms with Crippen molar-refractivity contribution in [2.75, 3.05) is 6.54 Å². The van der Waals surface area contributed by atoms with Gasteiger partial charge >= 0.3 is 6.16 Å². The van der Waals surface area contributed by atoms with Gasteiger partial charge in [0.05, 0.1) is 0 Å². The molecule has 4 N–H and O–H groups in total. The summed E-state index contributed by atoms with van der Waals surface area (Å²) in [5.41, 5.74) is 11.6. The highest BCUT2D eigenvalue weighted by atomic mass is 16.6. The number of hydrogen-bond donors (Lipinski definition) is 3. The van der Waals surface area contributed by atoms with Gasteiger partial charge in [0, 0.05) is 0 Å². The van der Waals surface area contributed by atoms with Crippen LogP contribution in [-0.4, -0.2) is 22.9 Å². The van der Waals surface area contributed by atoms with Gasteiger partial charge in [0.15, 0.2) is 0 Å². The van der Waals surface area contributed by atoms with Gasteiger partial charge in [-0.3, -0.25) is 0 Å². The number of benzene rings is 1. The predicted molar refractivity (Wildman–Crippen MR) is 101 cm³/mol. The van der Waals surface area contributed by atoms with Gasteiger partial charge in [-0.15, -0.1) is 0 Å². The Kier molecular flexibility index (Phi) is 5.82. The summed E-state index contributed by atoms with van der Waals surface area (Å²) in [6, 6.07) is 7.29. The highest BCUT2D eigenvalue weighted by molar-refractivity contribution is 5.53. The maximum absolute atomic E-state index is 8.56. The van der Waals surface area contributed by atoms with E-state index in [2.05, 4.69) is 45.9 Å². The zero-order chi connectivity index (χ0) is 18.8. The van der Waals surface area contributed by atoms with Crippen molar-refractivity contribution in [1.82, 2.24) is 0 Å². The first kappa shape index (κ1) is 19.8. The van der Waals surface area contributed by atoms with Crippen LogP contribution in [0, 0.1) is 11.3 Å². The molecule has 1 saturated carbocycles. The van der Waals surface area contributed by atoms with Crippen molar-refractivity contribution in [3.8, 4) is 0 Å². The van der Waals surface area contributed by atoms with E-state index < -0.39 is 6.16 Å². The molecule has 0 aliphatic heterocycles. The maximum Gasteiger partial charge on any atom is 0.503 e. The fraction of sp³-hybridized carbons (Fsp3) is 0.667. The largest absolute Gasteiger partial charge is 0.503 e. The third-order valence-electron chi connectivity index (χ3n) is 6.63. The average Bonchev–Trinajstić information content (AvgIpc) is 2.53. The third kappa shape index (κ3) is 3.84. The van der Waals surface area contributed by atoms with Crippen LogP contribution in [0.1, 0.15) is 76.0 Å². The molecule has 0 bridgehead atoms. The molecule has 3 rings (SSSR count). The van der Waals surface area contributed by atoms with E-state index in [4.69, 9.17) is 20.7 Å². The fourth-order valence-corrected chi connectivity index (χ4v) is 5.25. The van der Waals surface area contributed by atoms with Crippen LogP contribution >= 0.6 is 0 Å². The summed E-state index contributed by atoms with van der Waals surface area (Å²) < 4.78 is 0. The van der Waals surface area contributed by atoms with E-state index in [1.54, 1.807) is 11.1 Å². The molecule has 25 heavy (non-hydrogen) atoms. The van der Waals surface area contributed by atoms with Crippen molar-refractivity contribution in [2.24, 2.45) is 17.1 Å². The van der Waals surface area contributed by atoms with Gasteiger partial charge in [0.2, 0.25) is 0 Å². The van der Waals surface area contributed by atoms with E-state index in [0.29, 0.717) is 16.7 Å². The summed E-state index contributed by atoms with van der Waals surface area (Å²) >= 11 is 0. The van der Waals surface area contributed by atoms with Crippen molar-refractivity contribution in [1.29, 1.82) is 0 Å². The van der Waals surface area contributed by atoms with Gasteiger partial charge < -0.3 is 15.9 Å². The lowest BCUT2D eigenvalue weighted by Gasteiger charge is -2.55. The molecule has 0 saturated heterocycles. The predicted octanol–water partition coefficient (Wildman–Crippen LogP) is 5.00. The van der Waals surface area contributed by atoms with Crippen LogP contribution < -0.4 is 5.73 Å². The maximum atomic E-state index is 8.56. The average molecular weight is 347 g/mol. The number of nitrogens with two attached hydrogens (primary N) is 1. The molecule has 0 aromatic heterocycles. The van der Waals surface area contributed by atoms with Gasteiger partial charge in [-0.25, -0.2) is 4.79 Å². The SMILES string of the molecule is CC(C)c1ccc2c(c1)CC[C@H]1[C@](C)(CN)CCC[C@]21C.O=C(O)O. The van der Waals surface area contributed by atoms with E-state index in [1.807, 2.05) is 0 Å². The first-order chi connectivity index (χ1) is 11.6. The second kappa shape index (κ2) is 7.36. The summed E-state index contributed by atoms with van der Waals surface area (Å²) in [6.45, 7) is 10.4. The molecule has 4 heteroatoms. The van der Waals surface area contributed by atoms with Crippen molar-refractivity contribution in [3.05, 3.63) is 34.9 Å². The Balaban J connectivity index is 0.000000511. The summed E-state index contributed by atoms with van der Waals surface area (Å²) in [4.78, 5) is 8.56. The highest BCUT2D eigenvalue weighted by Gasteiger charge is 2.50. The first-order valence-corrected chi connectivity index (χ1v) is 9.39. The molecule has 1 aromatic rings. The molecule has 0 unspecified atom stereocenters. The van der Waals surface area contributed by atoms with E-state index in [-0.39, 0.29) is 0 Å². The van der Waals surface area contributed by atoms with Crippen LogP contribution in [0.3, 0.4) is 0 Å². The van der Waals surface area contributed by atoms with Crippen LogP contribution in [0.25, 0.3) is 0 Å². The lowest BCUT2D eigenvalue weighted by atomic mass is 9.50. The normalized spacial score (nSPS) is 30.7. The Labute approximate surface area is 151 Å². The summed E-state index contributed by atoms with van der Waals surface area (Å²) in [5.74, 6) is 1.38. The Morgan fingerprint density at radius 2 is 1.92 bits per heavy atom. The van der Waals surface area contributed by atoms with Crippen LogP contribution in [-0.2, 0) is 11.8 Å². The lowest BCUT2D eigenvalue weighted by molar-refractivity contribution is 0.0326. The monoisotopic (exact) mass is 347 g/mol. The minimum absolute atomic E-state index is 0.335. The summed E-state index contributed by atoms with van der Waals surface area (Å²) in [7, 11) is 0. The smallest absolute Gasteiger partial charge is 0.450 e. The lowest BCUT2D eigenvalue weighted by Crippen LogP contribution is -2.51. The van der Waals surface area contributed by atoms with Crippen molar-refractivity contribution in [2.45, 2.75) is 71.1 Å². The number of hydrogen-bond acceptors (Lipinski definition) is 2. The molecule has 2 aliphatic carbocycles. The van der Waals surface area contributed by atoms with Gasteiger partial charge in [-0.1, -0.05) is 52.3 Å². The number of fused-ring (bicyclic) bond motifs is 3. The van der Waals surface area contributed by atoms with E-state index in [9.17, 15) is 0 Å². The first-order valence-electron chi connectivity index (χ1n) is 9.39. The zero-order valence-electron chi connectivity index (χ0n) is 16.0. The molecular formula is C21H33NO3. The molecule has 1 fully saturated rings. The standard InChI is InChI=1S/C20H31N.CH2O3/c1-14(2)15-6-8-17-16(12-15)7-9-18-19(3,13-21)10-5-11-20(17,18)4;2-1(3)4/h6,8,12,14,18H,5,7,9-11,13,21H2,1-4H3;(H2,2,3,4)/t18-,19-,20+;/m0./s1. The van der Waals surface area contributed by atoms with Gasteiger partial charge in [0.1, 0.15) is 0 Å². The second-order valence-electron chi connectivity index (χ2n) is 8.57. The molecule has 2 aliphatic rings. The molecule has 0 radical (unpaired) electrons. The molecule has 0 amide bonds. The van der Waals surface area contributed by atoms with Crippen molar-refractivity contribution in [3.63, 3.8) is 0 Å². The molecule has 0 spiro atoms. The molecule has 1 aromatic carbocycles. The van der Waals surface area contributed by atoms with Crippen molar-refractivity contribution < 1.29 is 15.0 Å². The second-order valence-corrected chi connectivity index (χ2v) is 8.57. The molecule has 140 valence electrons. The zero-order valence-corrected chi connectivity index (χ0v) is 16.0. The Hall–Kier alpha value is -1.55. The van der Waals surface area contributed by atoms with Crippen LogP contribution in [0.5, 0.6) is 0 Å². The van der Waals surface area contributed by atoms with Crippen LogP contribution in [0.4, 0.5) is 4.79 Å². The summed E-state index contributed by atoms with van der Waals surface area (Å²) in [6.07, 6.45) is 4.70. The van der Waals surface area contributed by atoms with E-state index in [0.717, 1.165) is 12.5 Å². The van der Waals surface area contributed by atoms with Crippen molar-refractivity contribution >= 4 is 6.16 Å².